The largest absolute Gasteiger partial charge is 0.497 e. The van der Waals surface area contributed by atoms with Gasteiger partial charge < -0.3 is 20.1 Å². The summed E-state index contributed by atoms with van der Waals surface area (Å²) in [6.45, 7) is 2.30. The normalized spacial score (nSPS) is 30.7. The van der Waals surface area contributed by atoms with Gasteiger partial charge in [-0.15, -0.1) is 0 Å². The Hall–Kier alpha value is -2.37. The Morgan fingerprint density at radius 1 is 1.14 bits per heavy atom. The van der Waals surface area contributed by atoms with Gasteiger partial charge >= 0.3 is 0 Å². The van der Waals surface area contributed by atoms with E-state index in [9.17, 15) is 9.90 Å². The molecule has 29 heavy (non-hydrogen) atoms. The van der Waals surface area contributed by atoms with Crippen molar-refractivity contribution < 1.29 is 14.6 Å². The topological polar surface area (TPSA) is 61.8 Å². The van der Waals surface area contributed by atoms with Crippen molar-refractivity contribution in [3.05, 3.63) is 65.2 Å². The van der Waals surface area contributed by atoms with E-state index >= 15 is 0 Å². The van der Waals surface area contributed by atoms with Gasteiger partial charge in [0.2, 0.25) is 0 Å². The van der Waals surface area contributed by atoms with Crippen molar-refractivity contribution in [2.75, 3.05) is 26.7 Å². The minimum atomic E-state index is -0.946. The number of carbonyl (C=O) groups excluding carboxylic acids is 1. The number of likely N-dealkylation sites (tertiary alicyclic amines) is 1. The molecule has 2 aliphatic heterocycles. The van der Waals surface area contributed by atoms with Crippen LogP contribution in [0.25, 0.3) is 0 Å². The lowest BCUT2D eigenvalue weighted by molar-refractivity contribution is -0.137. The number of carbonyl (C=O) groups is 1. The summed E-state index contributed by atoms with van der Waals surface area (Å²) in [4.78, 5) is 15.3. The van der Waals surface area contributed by atoms with Crippen LogP contribution in [0.5, 0.6) is 5.75 Å². The molecule has 0 spiro atoms. The Balaban J connectivity index is 1.64. The van der Waals surface area contributed by atoms with E-state index in [-0.39, 0.29) is 17.4 Å². The van der Waals surface area contributed by atoms with Crippen LogP contribution in [-0.4, -0.2) is 54.3 Å². The van der Waals surface area contributed by atoms with Gasteiger partial charge in [-0.2, -0.15) is 0 Å². The Morgan fingerprint density at radius 3 is 2.72 bits per heavy atom. The molecule has 2 saturated heterocycles. The van der Waals surface area contributed by atoms with Crippen LogP contribution in [-0.2, 0) is 11.8 Å². The fraction of sp³-hybridized carbons (Fsp3) is 0.458. The third-order valence-electron chi connectivity index (χ3n) is 7.47. The number of aliphatic hydroxyl groups is 1. The summed E-state index contributed by atoms with van der Waals surface area (Å²) in [6.07, 6.45) is 2.96. The monoisotopic (exact) mass is 392 g/mol. The van der Waals surface area contributed by atoms with E-state index in [0.717, 1.165) is 31.7 Å². The van der Waals surface area contributed by atoms with Crippen LogP contribution >= 0.6 is 0 Å². The summed E-state index contributed by atoms with van der Waals surface area (Å²) < 4.78 is 5.51. The van der Waals surface area contributed by atoms with Gasteiger partial charge in [0.05, 0.1) is 18.8 Å². The standard InChI is InChI=1S/C24H28N2O3/c1-29-19-8-7-18-15-21-24(28)10-13-25-12-9-23(24,20(18)16-19)11-14-26(21)22(27)17-5-3-2-4-6-17/h2-8,16,21,25,28H,9-15H2,1H3. The molecule has 0 saturated carbocycles. The van der Waals surface area contributed by atoms with Crippen molar-refractivity contribution in [3.8, 4) is 5.75 Å². The van der Waals surface area contributed by atoms with Crippen LogP contribution in [0, 0.1) is 0 Å². The Morgan fingerprint density at radius 2 is 1.93 bits per heavy atom. The summed E-state index contributed by atoms with van der Waals surface area (Å²) in [7, 11) is 1.69. The molecule has 5 nitrogen and oxygen atoms in total. The van der Waals surface area contributed by atoms with Crippen molar-refractivity contribution in [2.24, 2.45) is 0 Å². The van der Waals surface area contributed by atoms with Gasteiger partial charge in [-0.05, 0) is 74.2 Å². The van der Waals surface area contributed by atoms with Gasteiger partial charge in [0.15, 0.2) is 0 Å². The summed E-state index contributed by atoms with van der Waals surface area (Å²) in [5, 5.41) is 15.7. The minimum absolute atomic E-state index is 0.0202. The molecule has 2 fully saturated rings. The van der Waals surface area contributed by atoms with Gasteiger partial charge in [0.25, 0.3) is 5.91 Å². The molecule has 1 amide bonds. The number of nitrogens with one attached hydrogen (secondary N) is 1. The molecular weight excluding hydrogens is 364 g/mol. The number of amides is 1. The maximum absolute atomic E-state index is 13.4. The third kappa shape index (κ3) is 2.64. The van der Waals surface area contributed by atoms with E-state index in [1.54, 1.807) is 7.11 Å². The van der Waals surface area contributed by atoms with E-state index in [0.29, 0.717) is 24.9 Å². The minimum Gasteiger partial charge on any atom is -0.497 e. The van der Waals surface area contributed by atoms with Crippen molar-refractivity contribution >= 4 is 5.91 Å². The van der Waals surface area contributed by atoms with E-state index in [1.165, 1.54) is 11.1 Å². The molecule has 152 valence electrons. The number of hydrogen-bond acceptors (Lipinski definition) is 4. The molecule has 2 bridgehead atoms. The molecule has 3 unspecified atom stereocenters. The number of fused-ring (bicyclic) bond motifs is 1. The zero-order chi connectivity index (χ0) is 20.1. The molecule has 1 aliphatic carbocycles. The Labute approximate surface area is 171 Å². The van der Waals surface area contributed by atoms with Crippen molar-refractivity contribution in [3.63, 3.8) is 0 Å². The number of ether oxygens (including phenoxy) is 1. The molecule has 0 radical (unpaired) electrons. The van der Waals surface area contributed by atoms with Gasteiger partial charge in [-0.1, -0.05) is 24.3 Å². The van der Waals surface area contributed by atoms with E-state index in [4.69, 9.17) is 4.74 Å². The lowest BCUT2D eigenvalue weighted by Gasteiger charge is -2.61. The molecule has 0 aromatic heterocycles. The number of methoxy groups -OCH3 is 1. The highest BCUT2D eigenvalue weighted by atomic mass is 16.5. The average Bonchev–Trinajstić information content (AvgIpc) is 2.94. The summed E-state index contributed by atoms with van der Waals surface area (Å²) in [5.74, 6) is 0.853. The van der Waals surface area contributed by atoms with Gasteiger partial charge in [0.1, 0.15) is 5.75 Å². The summed E-state index contributed by atoms with van der Waals surface area (Å²) in [6, 6.07) is 15.5. The molecule has 3 atom stereocenters. The maximum atomic E-state index is 13.4. The first-order valence-corrected chi connectivity index (χ1v) is 10.6. The van der Waals surface area contributed by atoms with Crippen molar-refractivity contribution in [2.45, 2.75) is 42.7 Å². The first kappa shape index (κ1) is 18.6. The van der Waals surface area contributed by atoms with Crippen LogP contribution in [0.4, 0.5) is 0 Å². The molecule has 2 N–H and O–H groups in total. The predicted octanol–water partition coefficient (Wildman–Crippen LogP) is 2.52. The molecule has 5 rings (SSSR count). The lowest BCUT2D eigenvalue weighted by atomic mass is 9.52. The highest BCUT2D eigenvalue weighted by molar-refractivity contribution is 5.94. The van der Waals surface area contributed by atoms with Crippen LogP contribution < -0.4 is 10.1 Å². The first-order chi connectivity index (χ1) is 14.1. The molecule has 3 aliphatic rings. The van der Waals surface area contributed by atoms with Crippen molar-refractivity contribution in [1.82, 2.24) is 10.2 Å². The van der Waals surface area contributed by atoms with Crippen molar-refractivity contribution in [1.29, 1.82) is 0 Å². The second-order valence-electron chi connectivity index (χ2n) is 8.61. The molecule has 2 aromatic carbocycles. The fourth-order valence-corrected chi connectivity index (χ4v) is 6.00. The maximum Gasteiger partial charge on any atom is 0.254 e. The van der Waals surface area contributed by atoms with Gasteiger partial charge in [-0.25, -0.2) is 0 Å². The summed E-state index contributed by atoms with van der Waals surface area (Å²) >= 11 is 0. The predicted molar refractivity (Wildman–Crippen MR) is 111 cm³/mol. The first-order valence-electron chi connectivity index (χ1n) is 10.6. The average molecular weight is 392 g/mol. The summed E-state index contributed by atoms with van der Waals surface area (Å²) in [5.41, 5.74) is 1.84. The Kier molecular flexibility index (Phi) is 4.41. The van der Waals surface area contributed by atoms with E-state index in [1.807, 2.05) is 41.3 Å². The molecular formula is C24H28N2O3. The van der Waals surface area contributed by atoms with Gasteiger partial charge in [-0.3, -0.25) is 4.79 Å². The van der Waals surface area contributed by atoms with Gasteiger partial charge in [0, 0.05) is 17.5 Å². The zero-order valence-electron chi connectivity index (χ0n) is 16.9. The third-order valence-corrected chi connectivity index (χ3v) is 7.47. The zero-order valence-corrected chi connectivity index (χ0v) is 16.9. The van der Waals surface area contributed by atoms with Crippen LogP contribution in [0.15, 0.2) is 48.5 Å². The quantitative estimate of drug-likeness (QED) is 0.825. The second kappa shape index (κ2) is 6.85. The van der Waals surface area contributed by atoms with E-state index < -0.39 is 5.60 Å². The molecule has 2 aromatic rings. The van der Waals surface area contributed by atoms with E-state index in [2.05, 4.69) is 17.4 Å². The number of nitrogens with zero attached hydrogens (tertiary/aromatic N) is 1. The smallest absolute Gasteiger partial charge is 0.254 e. The van der Waals surface area contributed by atoms with Crippen LogP contribution in [0.1, 0.15) is 40.7 Å². The van der Waals surface area contributed by atoms with Crippen LogP contribution in [0.2, 0.25) is 0 Å². The van der Waals surface area contributed by atoms with Crippen LogP contribution in [0.3, 0.4) is 0 Å². The highest BCUT2D eigenvalue weighted by Gasteiger charge is 2.63. The number of piperidine rings is 1. The molecule has 5 heteroatoms. The number of hydrogen-bond donors (Lipinski definition) is 2. The SMILES string of the molecule is COc1ccc2c(c1)C13CCNCCC1(O)C(C2)N(C(=O)c1ccccc1)CC3. The Bertz CT molecular complexity index is 931. The highest BCUT2D eigenvalue weighted by Crippen LogP contribution is 2.55. The number of rotatable bonds is 2. The number of benzene rings is 2. The molecule has 2 heterocycles. The lowest BCUT2D eigenvalue weighted by Crippen LogP contribution is -2.72. The second-order valence-corrected chi connectivity index (χ2v) is 8.61. The fourth-order valence-electron chi connectivity index (χ4n) is 6.00.